The van der Waals surface area contributed by atoms with Gasteiger partial charge in [0.25, 0.3) is 0 Å². The molecule has 1 aromatic carbocycles. The van der Waals surface area contributed by atoms with Crippen molar-refractivity contribution in [2.45, 2.75) is 38.9 Å². The summed E-state index contributed by atoms with van der Waals surface area (Å²) >= 11 is 11.6. The van der Waals surface area contributed by atoms with Crippen molar-refractivity contribution in [1.29, 1.82) is 0 Å². The highest BCUT2D eigenvalue weighted by Gasteiger charge is 2.15. The molecule has 0 saturated heterocycles. The summed E-state index contributed by atoms with van der Waals surface area (Å²) in [5.41, 5.74) is 3.21. The maximum absolute atomic E-state index is 5.28. The minimum atomic E-state index is 0.295. The molecule has 2 aromatic rings. The molecule has 0 amide bonds. The molecule has 0 aliphatic carbocycles. The van der Waals surface area contributed by atoms with Gasteiger partial charge in [0.2, 0.25) is 5.95 Å². The third kappa shape index (κ3) is 4.89. The Hall–Kier alpha value is -0.720. The van der Waals surface area contributed by atoms with Crippen molar-refractivity contribution in [3.63, 3.8) is 0 Å². The van der Waals surface area contributed by atoms with Gasteiger partial charge in [-0.3, -0.25) is 4.90 Å². The molecule has 1 N–H and O–H groups in total. The van der Waals surface area contributed by atoms with Gasteiger partial charge in [-0.1, -0.05) is 39.1 Å². The van der Waals surface area contributed by atoms with Crippen molar-refractivity contribution in [1.82, 2.24) is 9.97 Å². The number of aryl methyl sites for hydroxylation is 1. The first kappa shape index (κ1) is 17.6. The molecule has 6 heteroatoms. The number of nitrogens with one attached hydrogen (secondary N) is 1. The SMILES string of the molecule is Cc1ccc2nc(N(CCCSC(C)(C)C)C(=S)S)[nH]c2c1. The number of nitrogens with zero attached hydrogens (tertiary/aromatic N) is 2. The smallest absolute Gasteiger partial charge is 0.209 e. The van der Waals surface area contributed by atoms with E-state index in [1.165, 1.54) is 5.56 Å². The third-order valence-corrected chi connectivity index (χ3v) is 4.99. The largest absolute Gasteiger partial charge is 0.324 e. The van der Waals surface area contributed by atoms with Crippen LogP contribution in [0.4, 0.5) is 5.95 Å². The summed E-state index contributed by atoms with van der Waals surface area (Å²) in [6.45, 7) is 9.61. The van der Waals surface area contributed by atoms with Crippen molar-refractivity contribution < 1.29 is 0 Å². The van der Waals surface area contributed by atoms with Gasteiger partial charge in [-0.25, -0.2) is 4.98 Å². The van der Waals surface area contributed by atoms with Gasteiger partial charge in [-0.15, -0.1) is 12.6 Å². The molecular weight excluding hydrogens is 330 g/mol. The Morgan fingerprint density at radius 2 is 2.14 bits per heavy atom. The van der Waals surface area contributed by atoms with Crippen molar-refractivity contribution in [3.05, 3.63) is 23.8 Å². The summed E-state index contributed by atoms with van der Waals surface area (Å²) in [6, 6.07) is 6.19. The van der Waals surface area contributed by atoms with E-state index < -0.39 is 0 Å². The maximum atomic E-state index is 5.28. The van der Waals surface area contributed by atoms with Crippen LogP contribution in [0.5, 0.6) is 0 Å². The monoisotopic (exact) mass is 353 g/mol. The molecule has 1 aromatic heterocycles. The van der Waals surface area contributed by atoms with Crippen molar-refractivity contribution in [2.75, 3.05) is 17.2 Å². The molecule has 0 aliphatic heterocycles. The van der Waals surface area contributed by atoms with Crippen molar-refractivity contribution in [3.8, 4) is 0 Å². The molecule has 0 aliphatic rings. The molecule has 0 unspecified atom stereocenters. The Kier molecular flexibility index (Phi) is 5.80. The van der Waals surface area contributed by atoms with Gasteiger partial charge < -0.3 is 4.98 Å². The summed E-state index contributed by atoms with van der Waals surface area (Å²) < 4.78 is 0.847. The molecule has 3 nitrogen and oxygen atoms in total. The highest BCUT2D eigenvalue weighted by Crippen LogP contribution is 2.25. The van der Waals surface area contributed by atoms with E-state index in [9.17, 15) is 0 Å². The van der Waals surface area contributed by atoms with Crippen molar-refractivity contribution in [2.24, 2.45) is 0 Å². The van der Waals surface area contributed by atoms with Gasteiger partial charge in [0.1, 0.15) is 4.32 Å². The minimum absolute atomic E-state index is 0.295. The average Bonchev–Trinajstić information content (AvgIpc) is 2.79. The molecule has 2 rings (SSSR count). The van der Waals surface area contributed by atoms with Gasteiger partial charge >= 0.3 is 0 Å². The number of anilines is 1. The average molecular weight is 354 g/mol. The highest BCUT2D eigenvalue weighted by atomic mass is 32.2. The molecule has 0 spiro atoms. The number of thiol groups is 1. The number of benzene rings is 1. The van der Waals surface area contributed by atoms with Crippen molar-refractivity contribution >= 4 is 57.9 Å². The summed E-state index contributed by atoms with van der Waals surface area (Å²) in [7, 11) is 0. The van der Waals surface area contributed by atoms with Gasteiger partial charge in [-0.05, 0) is 36.8 Å². The quantitative estimate of drug-likeness (QED) is 0.459. The first-order chi connectivity index (χ1) is 10.3. The normalized spacial score (nSPS) is 11.9. The maximum Gasteiger partial charge on any atom is 0.209 e. The van der Waals surface area contributed by atoms with E-state index in [-0.39, 0.29) is 0 Å². The zero-order valence-corrected chi connectivity index (χ0v) is 16.0. The lowest BCUT2D eigenvalue weighted by Crippen LogP contribution is -2.28. The molecular formula is C16H23N3S3. The molecule has 0 radical (unpaired) electrons. The van der Waals surface area contributed by atoms with Gasteiger partial charge in [0.15, 0.2) is 0 Å². The number of fused-ring (bicyclic) bond motifs is 1. The Morgan fingerprint density at radius 1 is 1.41 bits per heavy atom. The number of aromatic amines is 1. The Balaban J connectivity index is 2.08. The van der Waals surface area contributed by atoms with Gasteiger partial charge in [0.05, 0.1) is 11.0 Å². The summed E-state index contributed by atoms with van der Waals surface area (Å²) in [5.74, 6) is 1.87. The fraction of sp³-hybridized carbons (Fsp3) is 0.500. The number of H-pyrrole nitrogens is 1. The molecule has 0 fully saturated rings. The standard InChI is InChI=1S/C16H23N3S3/c1-11-6-7-12-13(10-11)18-14(17-12)19(15(20)21)8-5-9-22-16(2,3)4/h6-7,10H,5,8-9H2,1-4H3,(H,17,18)(H,20,21). The lowest BCUT2D eigenvalue weighted by Gasteiger charge is -2.21. The Labute approximate surface area is 147 Å². The third-order valence-electron chi connectivity index (χ3n) is 3.17. The number of rotatable bonds is 5. The van der Waals surface area contributed by atoms with E-state index in [0.29, 0.717) is 9.07 Å². The number of thiocarbonyl (C=S) groups is 1. The predicted molar refractivity (Wildman–Crippen MR) is 107 cm³/mol. The highest BCUT2D eigenvalue weighted by molar-refractivity contribution is 8.11. The second-order valence-corrected chi connectivity index (χ2v) is 9.36. The van der Waals surface area contributed by atoms with E-state index in [1.807, 2.05) is 22.7 Å². The summed E-state index contributed by atoms with van der Waals surface area (Å²) in [6.07, 6.45) is 1.04. The predicted octanol–water partition coefficient (Wildman–Crippen LogP) is 4.81. The van der Waals surface area contributed by atoms with Gasteiger partial charge in [0, 0.05) is 11.3 Å². The first-order valence-electron chi connectivity index (χ1n) is 7.37. The van der Waals surface area contributed by atoms with Crippen LogP contribution in [-0.2, 0) is 0 Å². The fourth-order valence-corrected chi connectivity index (χ4v) is 3.39. The fourth-order valence-electron chi connectivity index (χ4n) is 2.13. The molecule has 0 atom stereocenters. The van der Waals surface area contributed by atoms with Crippen LogP contribution in [0.1, 0.15) is 32.8 Å². The number of imidazole rings is 1. The Morgan fingerprint density at radius 3 is 2.77 bits per heavy atom. The summed E-state index contributed by atoms with van der Waals surface area (Å²) in [4.78, 5) is 9.95. The molecule has 1 heterocycles. The van der Waals surface area contributed by atoms with E-state index in [4.69, 9.17) is 12.2 Å². The number of hydrogen-bond acceptors (Lipinski definition) is 3. The zero-order valence-electron chi connectivity index (χ0n) is 13.5. The number of thioether (sulfide) groups is 1. The topological polar surface area (TPSA) is 31.9 Å². The minimum Gasteiger partial charge on any atom is -0.324 e. The number of aromatic nitrogens is 2. The zero-order chi connectivity index (χ0) is 16.3. The van der Waals surface area contributed by atoms with Crippen LogP contribution in [0, 0.1) is 6.92 Å². The van der Waals surface area contributed by atoms with Crippen LogP contribution < -0.4 is 4.90 Å². The Bertz CT molecular complexity index is 658. The molecule has 0 bridgehead atoms. The van der Waals surface area contributed by atoms with Crippen LogP contribution in [0.3, 0.4) is 0 Å². The van der Waals surface area contributed by atoms with Crippen LogP contribution in [0.15, 0.2) is 18.2 Å². The van der Waals surface area contributed by atoms with Crippen LogP contribution >= 0.6 is 36.6 Å². The van der Waals surface area contributed by atoms with E-state index in [0.717, 1.165) is 35.7 Å². The number of hydrogen-bond donors (Lipinski definition) is 2. The van der Waals surface area contributed by atoms with E-state index in [2.05, 4.69) is 62.4 Å². The molecule has 120 valence electrons. The van der Waals surface area contributed by atoms with E-state index >= 15 is 0 Å². The van der Waals surface area contributed by atoms with Crippen LogP contribution in [0.25, 0.3) is 11.0 Å². The second-order valence-electron chi connectivity index (χ2n) is 6.33. The summed E-state index contributed by atoms with van der Waals surface area (Å²) in [5, 5.41) is 0. The first-order valence-corrected chi connectivity index (χ1v) is 9.21. The van der Waals surface area contributed by atoms with E-state index in [1.54, 1.807) is 0 Å². The van der Waals surface area contributed by atoms with Crippen LogP contribution in [0.2, 0.25) is 0 Å². The second kappa shape index (κ2) is 7.23. The van der Waals surface area contributed by atoms with Crippen LogP contribution in [-0.4, -0.2) is 31.3 Å². The molecule has 0 saturated carbocycles. The lowest BCUT2D eigenvalue weighted by atomic mass is 10.2. The van der Waals surface area contributed by atoms with Gasteiger partial charge in [-0.2, -0.15) is 11.8 Å². The molecule has 22 heavy (non-hydrogen) atoms. The lowest BCUT2D eigenvalue weighted by molar-refractivity contribution is 0.796.